The summed E-state index contributed by atoms with van der Waals surface area (Å²) in [6.07, 6.45) is 0. The van der Waals surface area contributed by atoms with Crippen LogP contribution in [0, 0.1) is 5.82 Å². The highest BCUT2D eigenvalue weighted by molar-refractivity contribution is 5.66. The third kappa shape index (κ3) is 2.68. The largest absolute Gasteiger partial charge is 0.497 e. The van der Waals surface area contributed by atoms with Gasteiger partial charge in [0.25, 0.3) is 0 Å². The maximum Gasteiger partial charge on any atom is 0.131 e. The average Bonchev–Trinajstić information content (AvgIpc) is 2.41. The third-order valence-corrected chi connectivity index (χ3v) is 2.79. The summed E-state index contributed by atoms with van der Waals surface area (Å²) < 4.78 is 19.0. The van der Waals surface area contributed by atoms with Crippen LogP contribution in [0.1, 0.15) is 5.56 Å². The van der Waals surface area contributed by atoms with E-state index >= 15 is 0 Å². The minimum Gasteiger partial charge on any atom is -0.497 e. The van der Waals surface area contributed by atoms with Crippen LogP contribution in [-0.2, 0) is 6.54 Å². The number of nitrogens with one attached hydrogen (secondary N) is 1. The number of hydrogen-bond acceptors (Lipinski definition) is 2. The van der Waals surface area contributed by atoms with Crippen molar-refractivity contribution in [3.63, 3.8) is 0 Å². The monoisotopic (exact) mass is 245 g/mol. The van der Waals surface area contributed by atoms with Crippen LogP contribution in [0.4, 0.5) is 4.39 Å². The molecule has 2 aromatic carbocycles. The van der Waals surface area contributed by atoms with Crippen LogP contribution < -0.4 is 10.1 Å². The van der Waals surface area contributed by atoms with Crippen molar-refractivity contribution in [3.8, 4) is 16.9 Å². The van der Waals surface area contributed by atoms with Crippen molar-refractivity contribution in [2.45, 2.75) is 6.54 Å². The minimum absolute atomic E-state index is 0.219. The molecule has 94 valence electrons. The predicted octanol–water partition coefficient (Wildman–Crippen LogP) is 3.22. The van der Waals surface area contributed by atoms with E-state index in [1.165, 1.54) is 6.07 Å². The van der Waals surface area contributed by atoms with Gasteiger partial charge in [0, 0.05) is 12.1 Å². The second-order valence-corrected chi connectivity index (χ2v) is 4.08. The Bertz CT molecular complexity index is 540. The molecule has 2 rings (SSSR count). The van der Waals surface area contributed by atoms with Crippen molar-refractivity contribution < 1.29 is 9.13 Å². The van der Waals surface area contributed by atoms with Gasteiger partial charge in [0.05, 0.1) is 7.11 Å². The smallest absolute Gasteiger partial charge is 0.131 e. The van der Waals surface area contributed by atoms with Gasteiger partial charge in [-0.25, -0.2) is 4.39 Å². The van der Waals surface area contributed by atoms with Crippen LogP contribution in [0.15, 0.2) is 42.5 Å². The summed E-state index contributed by atoms with van der Waals surface area (Å²) in [6.45, 7) is 0.719. The fourth-order valence-corrected chi connectivity index (χ4v) is 1.90. The van der Waals surface area contributed by atoms with E-state index in [1.54, 1.807) is 13.2 Å². The van der Waals surface area contributed by atoms with Crippen LogP contribution >= 0.6 is 0 Å². The van der Waals surface area contributed by atoms with E-state index < -0.39 is 0 Å². The van der Waals surface area contributed by atoms with Crippen LogP contribution in [-0.4, -0.2) is 14.2 Å². The van der Waals surface area contributed by atoms with Crippen LogP contribution in [0.5, 0.6) is 5.75 Å². The number of halogens is 1. The Morgan fingerprint density at radius 1 is 1.17 bits per heavy atom. The molecule has 18 heavy (non-hydrogen) atoms. The van der Waals surface area contributed by atoms with Gasteiger partial charge in [-0.1, -0.05) is 18.2 Å². The molecule has 0 aromatic heterocycles. The zero-order chi connectivity index (χ0) is 13.0. The molecule has 3 heteroatoms. The number of rotatable bonds is 4. The van der Waals surface area contributed by atoms with Crippen molar-refractivity contribution in [1.82, 2.24) is 5.32 Å². The highest BCUT2D eigenvalue weighted by atomic mass is 19.1. The topological polar surface area (TPSA) is 21.3 Å². The van der Waals surface area contributed by atoms with Gasteiger partial charge in [-0.2, -0.15) is 0 Å². The summed E-state index contributed by atoms with van der Waals surface area (Å²) in [5, 5.41) is 3.06. The van der Waals surface area contributed by atoms with Gasteiger partial charge in [0.1, 0.15) is 11.6 Å². The SMILES string of the molecule is CNCc1ccc(F)c(-c2cccc(OC)c2)c1. The number of methoxy groups -OCH3 is 1. The number of benzene rings is 2. The zero-order valence-corrected chi connectivity index (χ0v) is 10.5. The molecule has 0 aliphatic carbocycles. The maximum atomic E-state index is 13.9. The van der Waals surface area contributed by atoms with Gasteiger partial charge < -0.3 is 10.1 Å². The van der Waals surface area contributed by atoms with E-state index in [4.69, 9.17) is 4.74 Å². The van der Waals surface area contributed by atoms with Crippen molar-refractivity contribution >= 4 is 0 Å². The average molecular weight is 245 g/mol. The number of ether oxygens (including phenoxy) is 1. The first kappa shape index (κ1) is 12.6. The molecule has 0 amide bonds. The third-order valence-electron chi connectivity index (χ3n) is 2.79. The molecular weight excluding hydrogens is 229 g/mol. The lowest BCUT2D eigenvalue weighted by Gasteiger charge is -2.08. The second kappa shape index (κ2) is 5.65. The minimum atomic E-state index is -0.219. The molecule has 1 N–H and O–H groups in total. The first-order chi connectivity index (χ1) is 8.74. The summed E-state index contributed by atoms with van der Waals surface area (Å²) in [5.74, 6) is 0.508. The Kier molecular flexibility index (Phi) is 3.95. The fourth-order valence-electron chi connectivity index (χ4n) is 1.90. The van der Waals surface area contributed by atoms with Crippen molar-refractivity contribution in [1.29, 1.82) is 0 Å². The molecule has 0 fully saturated rings. The van der Waals surface area contributed by atoms with Crippen molar-refractivity contribution in [2.24, 2.45) is 0 Å². The lowest BCUT2D eigenvalue weighted by atomic mass is 10.0. The highest BCUT2D eigenvalue weighted by Gasteiger charge is 2.07. The van der Waals surface area contributed by atoms with Gasteiger partial charge in [0.15, 0.2) is 0 Å². The summed E-state index contributed by atoms with van der Waals surface area (Å²) in [6, 6.07) is 12.6. The first-order valence-corrected chi connectivity index (χ1v) is 5.82. The molecule has 0 spiro atoms. The van der Waals surface area contributed by atoms with Crippen molar-refractivity contribution in [2.75, 3.05) is 14.2 Å². The van der Waals surface area contributed by atoms with Gasteiger partial charge in [-0.3, -0.25) is 0 Å². The predicted molar refractivity (Wildman–Crippen MR) is 71.2 cm³/mol. The van der Waals surface area contributed by atoms with Crippen LogP contribution in [0.25, 0.3) is 11.1 Å². The Morgan fingerprint density at radius 2 is 2.00 bits per heavy atom. The van der Waals surface area contributed by atoms with Gasteiger partial charge in [-0.15, -0.1) is 0 Å². The molecule has 0 heterocycles. The molecule has 2 aromatic rings. The van der Waals surface area contributed by atoms with Crippen molar-refractivity contribution in [3.05, 3.63) is 53.8 Å². The molecule has 0 aliphatic rings. The van der Waals surface area contributed by atoms with E-state index in [0.29, 0.717) is 5.56 Å². The van der Waals surface area contributed by atoms with E-state index in [-0.39, 0.29) is 5.82 Å². The lowest BCUT2D eigenvalue weighted by molar-refractivity contribution is 0.415. The Balaban J connectivity index is 2.44. The molecule has 0 saturated carbocycles. The first-order valence-electron chi connectivity index (χ1n) is 5.82. The summed E-state index contributed by atoms with van der Waals surface area (Å²) >= 11 is 0. The van der Waals surface area contributed by atoms with E-state index in [9.17, 15) is 4.39 Å². The fraction of sp³-hybridized carbons (Fsp3) is 0.200. The highest BCUT2D eigenvalue weighted by Crippen LogP contribution is 2.27. The normalized spacial score (nSPS) is 10.4. The van der Waals surface area contributed by atoms with E-state index in [2.05, 4.69) is 5.32 Å². The standard InChI is InChI=1S/C15H16FNO/c1-17-10-11-6-7-15(16)14(8-11)12-4-3-5-13(9-12)18-2/h3-9,17H,10H2,1-2H3. The molecule has 0 aliphatic heterocycles. The summed E-state index contributed by atoms with van der Waals surface area (Å²) in [4.78, 5) is 0. The molecule has 0 unspecified atom stereocenters. The van der Waals surface area contributed by atoms with E-state index in [0.717, 1.165) is 23.4 Å². The molecule has 2 nitrogen and oxygen atoms in total. The van der Waals surface area contributed by atoms with Crippen LogP contribution in [0.3, 0.4) is 0 Å². The summed E-state index contributed by atoms with van der Waals surface area (Å²) in [5.41, 5.74) is 2.48. The van der Waals surface area contributed by atoms with Gasteiger partial charge in [0.2, 0.25) is 0 Å². The van der Waals surface area contributed by atoms with Gasteiger partial charge in [-0.05, 0) is 42.4 Å². The molecule has 0 radical (unpaired) electrons. The molecule has 0 saturated heterocycles. The zero-order valence-electron chi connectivity index (χ0n) is 10.5. The summed E-state index contributed by atoms with van der Waals surface area (Å²) in [7, 11) is 3.47. The van der Waals surface area contributed by atoms with Gasteiger partial charge >= 0.3 is 0 Å². The Labute approximate surface area is 106 Å². The lowest BCUT2D eigenvalue weighted by Crippen LogP contribution is -2.05. The maximum absolute atomic E-state index is 13.9. The van der Waals surface area contributed by atoms with Crippen LogP contribution in [0.2, 0.25) is 0 Å². The molecule has 0 bridgehead atoms. The Morgan fingerprint density at radius 3 is 2.72 bits per heavy atom. The van der Waals surface area contributed by atoms with E-state index in [1.807, 2.05) is 37.4 Å². The quantitative estimate of drug-likeness (QED) is 0.893. The number of hydrogen-bond donors (Lipinski definition) is 1. The molecular formula is C15H16FNO. The Hall–Kier alpha value is -1.87. The second-order valence-electron chi connectivity index (χ2n) is 4.08. The molecule has 0 atom stereocenters.